The summed E-state index contributed by atoms with van der Waals surface area (Å²) in [6, 6.07) is 0. The maximum Gasteiger partial charge on any atom is 0.410 e. The lowest BCUT2D eigenvalue weighted by Gasteiger charge is -2.43. The molecule has 6 heteroatoms. The molecule has 22 heavy (non-hydrogen) atoms. The largest absolute Gasteiger partial charge is 0.466 e. The van der Waals surface area contributed by atoms with Gasteiger partial charge in [-0.2, -0.15) is 0 Å². The molecule has 2 aliphatic rings. The Morgan fingerprint density at radius 2 is 1.91 bits per heavy atom. The fourth-order valence-electron chi connectivity index (χ4n) is 2.70. The molecular weight excluding hydrogens is 286 g/mol. The van der Waals surface area contributed by atoms with Crippen molar-refractivity contribution in [3.63, 3.8) is 0 Å². The van der Waals surface area contributed by atoms with Crippen molar-refractivity contribution < 1.29 is 23.8 Å². The molecule has 0 aromatic heterocycles. The van der Waals surface area contributed by atoms with Gasteiger partial charge in [0.2, 0.25) is 0 Å². The van der Waals surface area contributed by atoms with Crippen LogP contribution in [0.1, 0.15) is 40.0 Å². The molecule has 0 radical (unpaired) electrons. The number of methoxy groups -OCH3 is 1. The fraction of sp³-hybridized carbons (Fsp3) is 0.750. The molecule has 0 N–H and O–H groups in total. The van der Waals surface area contributed by atoms with Crippen LogP contribution in [-0.2, 0) is 19.0 Å². The molecule has 0 atom stereocenters. The van der Waals surface area contributed by atoms with E-state index in [1.165, 1.54) is 7.11 Å². The van der Waals surface area contributed by atoms with Gasteiger partial charge in [0.25, 0.3) is 0 Å². The number of esters is 1. The summed E-state index contributed by atoms with van der Waals surface area (Å²) < 4.78 is 16.0. The van der Waals surface area contributed by atoms with Crippen molar-refractivity contribution in [1.29, 1.82) is 0 Å². The number of nitrogens with zero attached hydrogens (tertiary/aromatic N) is 1. The van der Waals surface area contributed by atoms with Crippen molar-refractivity contribution in [3.8, 4) is 0 Å². The Morgan fingerprint density at radius 3 is 2.36 bits per heavy atom. The zero-order valence-electron chi connectivity index (χ0n) is 13.8. The Balaban J connectivity index is 1.89. The van der Waals surface area contributed by atoms with Crippen LogP contribution < -0.4 is 0 Å². The van der Waals surface area contributed by atoms with Crippen molar-refractivity contribution in [2.75, 3.05) is 26.8 Å². The number of ether oxygens (including phenoxy) is 3. The first-order valence-electron chi connectivity index (χ1n) is 7.64. The van der Waals surface area contributed by atoms with Crippen molar-refractivity contribution in [2.24, 2.45) is 0 Å². The molecule has 2 heterocycles. The Bertz CT molecular complexity index is 469. The summed E-state index contributed by atoms with van der Waals surface area (Å²) in [4.78, 5) is 25.2. The van der Waals surface area contributed by atoms with E-state index in [0.29, 0.717) is 25.1 Å². The van der Waals surface area contributed by atoms with Gasteiger partial charge in [-0.3, -0.25) is 0 Å². The molecule has 0 aromatic carbocycles. The summed E-state index contributed by atoms with van der Waals surface area (Å²) in [5, 5.41) is 0. The lowest BCUT2D eigenvalue weighted by Crippen LogP contribution is -2.50. The molecule has 0 aromatic rings. The lowest BCUT2D eigenvalue weighted by molar-refractivity contribution is -0.139. The van der Waals surface area contributed by atoms with E-state index in [1.54, 1.807) is 4.90 Å². The van der Waals surface area contributed by atoms with E-state index in [9.17, 15) is 9.59 Å². The van der Waals surface area contributed by atoms with Crippen LogP contribution in [-0.4, -0.2) is 55.0 Å². The van der Waals surface area contributed by atoms with Gasteiger partial charge in [-0.05, 0) is 40.0 Å². The SMILES string of the molecule is COC(=O)C1=CCC2(CCN(C(=O)OC(C)(C)C)CC2)OC1. The highest BCUT2D eigenvalue weighted by Gasteiger charge is 2.39. The first-order valence-corrected chi connectivity index (χ1v) is 7.64. The molecule has 1 amide bonds. The van der Waals surface area contributed by atoms with E-state index in [4.69, 9.17) is 14.2 Å². The molecule has 0 bridgehead atoms. The first-order chi connectivity index (χ1) is 10.2. The summed E-state index contributed by atoms with van der Waals surface area (Å²) in [7, 11) is 1.37. The van der Waals surface area contributed by atoms with Gasteiger partial charge in [-0.25, -0.2) is 9.59 Å². The smallest absolute Gasteiger partial charge is 0.410 e. The maximum absolute atomic E-state index is 12.1. The van der Waals surface area contributed by atoms with Crippen molar-refractivity contribution in [1.82, 2.24) is 4.90 Å². The molecule has 1 fully saturated rings. The Labute approximate surface area is 131 Å². The number of carbonyl (C=O) groups excluding carboxylic acids is 2. The molecule has 6 nitrogen and oxygen atoms in total. The highest BCUT2D eigenvalue weighted by molar-refractivity contribution is 5.88. The zero-order valence-corrected chi connectivity index (χ0v) is 13.8. The van der Waals surface area contributed by atoms with Crippen LogP contribution in [0.3, 0.4) is 0 Å². The minimum Gasteiger partial charge on any atom is -0.466 e. The van der Waals surface area contributed by atoms with E-state index >= 15 is 0 Å². The average Bonchev–Trinajstić information content (AvgIpc) is 2.46. The highest BCUT2D eigenvalue weighted by Crippen LogP contribution is 2.34. The number of piperidine rings is 1. The van der Waals surface area contributed by atoms with Crippen LogP contribution in [0.25, 0.3) is 0 Å². The van der Waals surface area contributed by atoms with E-state index < -0.39 is 5.60 Å². The Morgan fingerprint density at radius 1 is 1.27 bits per heavy atom. The van der Waals surface area contributed by atoms with Crippen LogP contribution in [0.4, 0.5) is 4.79 Å². The van der Waals surface area contributed by atoms with E-state index in [-0.39, 0.29) is 24.3 Å². The monoisotopic (exact) mass is 311 g/mol. The Hall–Kier alpha value is -1.56. The summed E-state index contributed by atoms with van der Waals surface area (Å²) in [5.74, 6) is -0.332. The average molecular weight is 311 g/mol. The number of hydrogen-bond donors (Lipinski definition) is 0. The number of rotatable bonds is 1. The summed E-state index contributed by atoms with van der Waals surface area (Å²) >= 11 is 0. The predicted molar refractivity (Wildman–Crippen MR) is 80.4 cm³/mol. The van der Waals surface area contributed by atoms with E-state index in [1.807, 2.05) is 26.8 Å². The van der Waals surface area contributed by atoms with Gasteiger partial charge in [0.15, 0.2) is 0 Å². The van der Waals surface area contributed by atoms with Gasteiger partial charge >= 0.3 is 12.1 Å². The number of amides is 1. The van der Waals surface area contributed by atoms with Crippen molar-refractivity contribution in [2.45, 2.75) is 51.2 Å². The second-order valence-electron chi connectivity index (χ2n) is 6.86. The van der Waals surface area contributed by atoms with Crippen LogP contribution in [0.5, 0.6) is 0 Å². The molecule has 2 aliphatic heterocycles. The van der Waals surface area contributed by atoms with E-state index in [0.717, 1.165) is 12.8 Å². The topological polar surface area (TPSA) is 65.1 Å². The zero-order chi connectivity index (χ0) is 16.4. The summed E-state index contributed by atoms with van der Waals surface area (Å²) in [5.41, 5.74) is -0.176. The maximum atomic E-state index is 12.1. The molecule has 124 valence electrons. The molecule has 0 saturated carbocycles. The fourth-order valence-corrected chi connectivity index (χ4v) is 2.70. The highest BCUT2D eigenvalue weighted by atomic mass is 16.6. The minimum absolute atomic E-state index is 0.268. The molecule has 0 aliphatic carbocycles. The third kappa shape index (κ3) is 4.00. The summed E-state index contributed by atoms with van der Waals surface area (Å²) in [6.45, 7) is 7.07. The van der Waals surface area contributed by atoms with Crippen LogP contribution in [0, 0.1) is 0 Å². The third-order valence-electron chi connectivity index (χ3n) is 4.03. The summed E-state index contributed by atoms with van der Waals surface area (Å²) in [6.07, 6.45) is 3.80. The number of carbonyl (C=O) groups is 2. The quantitative estimate of drug-likeness (QED) is 0.695. The van der Waals surface area contributed by atoms with Crippen LogP contribution in [0.2, 0.25) is 0 Å². The minimum atomic E-state index is -0.480. The van der Waals surface area contributed by atoms with Crippen LogP contribution in [0.15, 0.2) is 11.6 Å². The molecule has 0 unspecified atom stereocenters. The van der Waals surface area contributed by atoms with Gasteiger partial charge in [-0.15, -0.1) is 0 Å². The van der Waals surface area contributed by atoms with Crippen molar-refractivity contribution in [3.05, 3.63) is 11.6 Å². The third-order valence-corrected chi connectivity index (χ3v) is 4.03. The van der Waals surface area contributed by atoms with Gasteiger partial charge in [0, 0.05) is 13.1 Å². The molecule has 1 spiro atoms. The normalized spacial score (nSPS) is 21.3. The lowest BCUT2D eigenvalue weighted by atomic mass is 9.85. The van der Waals surface area contributed by atoms with Crippen molar-refractivity contribution >= 4 is 12.1 Å². The van der Waals surface area contributed by atoms with Gasteiger partial charge < -0.3 is 19.1 Å². The number of hydrogen-bond acceptors (Lipinski definition) is 5. The predicted octanol–water partition coefficient (Wildman–Crippen LogP) is 2.28. The van der Waals surface area contributed by atoms with Crippen LogP contribution >= 0.6 is 0 Å². The first kappa shape index (κ1) is 16.8. The molecular formula is C16H25NO5. The second-order valence-corrected chi connectivity index (χ2v) is 6.86. The Kier molecular flexibility index (Phi) is 4.80. The van der Waals surface area contributed by atoms with E-state index in [2.05, 4.69) is 0 Å². The van der Waals surface area contributed by atoms with Gasteiger partial charge in [0.1, 0.15) is 5.60 Å². The van der Waals surface area contributed by atoms with Gasteiger partial charge in [0.05, 0.1) is 24.9 Å². The van der Waals surface area contributed by atoms with Gasteiger partial charge in [-0.1, -0.05) is 6.08 Å². The molecule has 2 rings (SSSR count). The standard InChI is InChI=1S/C16H25NO5/c1-15(2,3)22-14(19)17-9-7-16(8-10-17)6-5-12(11-21-16)13(18)20-4/h5H,6-11H2,1-4H3. The number of likely N-dealkylation sites (tertiary alicyclic amines) is 1. The molecule has 1 saturated heterocycles. The second kappa shape index (κ2) is 6.28.